The van der Waals surface area contributed by atoms with Crippen LogP contribution in [0.5, 0.6) is 0 Å². The Hall–Kier alpha value is -0.230. The van der Waals surface area contributed by atoms with E-state index >= 15 is 0 Å². The Bertz CT molecular complexity index is 132. The molecule has 0 bridgehead atoms. The Balaban J connectivity index is 4.03. The Morgan fingerprint density at radius 2 is 1.89 bits per heavy atom. The first-order valence-corrected chi connectivity index (χ1v) is 3.61. The molecule has 0 nitrogen and oxygen atoms in total. The second-order valence-electron chi connectivity index (χ2n) is 2.01. The van der Waals surface area contributed by atoms with Gasteiger partial charge in [-0.1, -0.05) is 23.3 Å². The van der Waals surface area contributed by atoms with Gasteiger partial charge in [0.1, 0.15) is 0 Å². The summed E-state index contributed by atoms with van der Waals surface area (Å²) in [5.41, 5.74) is 2.57. The smallest absolute Gasteiger partial charge is 0.0409 e. The van der Waals surface area contributed by atoms with E-state index in [0.29, 0.717) is 5.88 Å². The van der Waals surface area contributed by atoms with Crippen LogP contribution >= 0.6 is 11.6 Å². The zero-order valence-corrected chi connectivity index (χ0v) is 7.00. The second-order valence-corrected chi connectivity index (χ2v) is 2.32. The summed E-state index contributed by atoms with van der Waals surface area (Å²) < 4.78 is 0. The summed E-state index contributed by atoms with van der Waals surface area (Å²) in [5.74, 6) is 0.608. The highest BCUT2D eigenvalue weighted by Gasteiger charge is 1.87. The molecule has 0 saturated carbocycles. The summed E-state index contributed by atoms with van der Waals surface area (Å²) in [6, 6.07) is 0. The van der Waals surface area contributed by atoms with E-state index in [9.17, 15) is 0 Å². The Morgan fingerprint density at radius 3 is 2.22 bits per heavy atom. The van der Waals surface area contributed by atoms with Crippen molar-refractivity contribution in [3.8, 4) is 0 Å². The maximum atomic E-state index is 5.49. The molecule has 0 rings (SSSR count). The topological polar surface area (TPSA) is 0 Å². The Kier molecular flexibility index (Phi) is 4.51. The summed E-state index contributed by atoms with van der Waals surface area (Å²) in [6.07, 6.45) is 4.09. The van der Waals surface area contributed by atoms with Gasteiger partial charge >= 0.3 is 0 Å². The van der Waals surface area contributed by atoms with Crippen LogP contribution in [-0.4, -0.2) is 5.88 Å². The van der Waals surface area contributed by atoms with Crippen molar-refractivity contribution in [2.45, 2.75) is 20.8 Å². The van der Waals surface area contributed by atoms with Crippen LogP contribution < -0.4 is 0 Å². The molecule has 0 aliphatic heterocycles. The third kappa shape index (κ3) is 3.36. The summed E-state index contributed by atoms with van der Waals surface area (Å²) in [7, 11) is 0. The number of alkyl halides is 1. The van der Waals surface area contributed by atoms with Gasteiger partial charge in [-0.3, -0.25) is 0 Å². The predicted molar refractivity (Wildman–Crippen MR) is 43.9 cm³/mol. The third-order valence-electron chi connectivity index (χ3n) is 1.44. The first-order valence-electron chi connectivity index (χ1n) is 3.08. The summed E-state index contributed by atoms with van der Waals surface area (Å²) in [6.45, 7) is 6.18. The molecule has 0 atom stereocenters. The van der Waals surface area contributed by atoms with Crippen molar-refractivity contribution < 1.29 is 0 Å². The molecule has 0 heterocycles. The third-order valence-corrected chi connectivity index (χ3v) is 1.59. The van der Waals surface area contributed by atoms with Gasteiger partial charge in [-0.15, -0.1) is 11.6 Å². The molecule has 52 valence electrons. The molecule has 0 aliphatic carbocycles. The average Bonchev–Trinajstić information content (AvgIpc) is 1.87. The zero-order valence-electron chi connectivity index (χ0n) is 6.24. The maximum Gasteiger partial charge on any atom is 0.0409 e. The highest BCUT2D eigenvalue weighted by Crippen LogP contribution is 2.06. The predicted octanol–water partition coefficient (Wildman–Crippen LogP) is 3.14. The number of halogens is 1. The van der Waals surface area contributed by atoms with E-state index in [0.717, 1.165) is 0 Å². The van der Waals surface area contributed by atoms with Crippen LogP contribution in [0.25, 0.3) is 0 Å². The Morgan fingerprint density at radius 1 is 1.33 bits per heavy atom. The average molecular weight is 145 g/mol. The first-order chi connectivity index (χ1) is 4.22. The molecule has 1 heteroatoms. The standard InChI is InChI=1S/C8H13Cl/c1-4-7(2)8(3)5-6-9/h4-5H,6H2,1-3H3. The molecule has 0 aliphatic rings. The molecule has 0 aromatic rings. The van der Waals surface area contributed by atoms with Crippen molar-refractivity contribution in [2.24, 2.45) is 0 Å². The van der Waals surface area contributed by atoms with Crippen molar-refractivity contribution in [1.29, 1.82) is 0 Å². The van der Waals surface area contributed by atoms with Crippen LogP contribution in [0.15, 0.2) is 23.3 Å². The van der Waals surface area contributed by atoms with E-state index in [1.54, 1.807) is 0 Å². The number of allylic oxidation sites excluding steroid dienone is 4. The fourth-order valence-electron chi connectivity index (χ4n) is 0.504. The quantitative estimate of drug-likeness (QED) is 0.413. The number of rotatable bonds is 2. The second kappa shape index (κ2) is 4.63. The van der Waals surface area contributed by atoms with Crippen molar-refractivity contribution in [2.75, 3.05) is 5.88 Å². The molecule has 0 unspecified atom stereocenters. The van der Waals surface area contributed by atoms with Crippen LogP contribution in [0.4, 0.5) is 0 Å². The monoisotopic (exact) mass is 144 g/mol. The van der Waals surface area contributed by atoms with Gasteiger partial charge in [-0.05, 0) is 20.8 Å². The molecule has 0 radical (unpaired) electrons. The van der Waals surface area contributed by atoms with Gasteiger partial charge in [-0.2, -0.15) is 0 Å². The SMILES string of the molecule is CC=C(C)C(C)=CCCl. The number of hydrogen-bond donors (Lipinski definition) is 0. The molecule has 0 aromatic carbocycles. The normalized spacial score (nSPS) is 14.2. The van der Waals surface area contributed by atoms with Gasteiger partial charge in [0, 0.05) is 5.88 Å². The van der Waals surface area contributed by atoms with E-state index in [1.165, 1.54) is 11.1 Å². The van der Waals surface area contributed by atoms with Gasteiger partial charge in [0.2, 0.25) is 0 Å². The molecule has 0 N–H and O–H groups in total. The van der Waals surface area contributed by atoms with Crippen LogP contribution in [-0.2, 0) is 0 Å². The summed E-state index contributed by atoms with van der Waals surface area (Å²) in [5, 5.41) is 0. The largest absolute Gasteiger partial charge is 0.122 e. The number of hydrogen-bond acceptors (Lipinski definition) is 0. The van der Waals surface area contributed by atoms with Crippen molar-refractivity contribution in [3.05, 3.63) is 23.3 Å². The van der Waals surface area contributed by atoms with Crippen molar-refractivity contribution in [1.82, 2.24) is 0 Å². The molecule has 0 aromatic heterocycles. The zero-order chi connectivity index (χ0) is 7.28. The van der Waals surface area contributed by atoms with Crippen molar-refractivity contribution in [3.63, 3.8) is 0 Å². The lowest BCUT2D eigenvalue weighted by Gasteiger charge is -1.96. The first kappa shape index (κ1) is 8.77. The van der Waals surface area contributed by atoms with Gasteiger partial charge in [-0.25, -0.2) is 0 Å². The van der Waals surface area contributed by atoms with Crippen LogP contribution in [0.3, 0.4) is 0 Å². The minimum atomic E-state index is 0.608. The lowest BCUT2D eigenvalue weighted by molar-refractivity contribution is 1.31. The summed E-state index contributed by atoms with van der Waals surface area (Å²) >= 11 is 5.49. The fourth-order valence-corrected chi connectivity index (χ4v) is 0.736. The van der Waals surface area contributed by atoms with E-state index < -0.39 is 0 Å². The molecule has 0 spiro atoms. The Labute approximate surface area is 62.2 Å². The van der Waals surface area contributed by atoms with Gasteiger partial charge in [0.05, 0.1) is 0 Å². The van der Waals surface area contributed by atoms with Gasteiger partial charge < -0.3 is 0 Å². The lowest BCUT2D eigenvalue weighted by Crippen LogP contribution is -1.78. The fraction of sp³-hybridized carbons (Fsp3) is 0.500. The van der Waals surface area contributed by atoms with Crippen LogP contribution in [0, 0.1) is 0 Å². The molecule has 9 heavy (non-hydrogen) atoms. The van der Waals surface area contributed by atoms with E-state index in [4.69, 9.17) is 11.6 Å². The molecular weight excluding hydrogens is 132 g/mol. The molecule has 0 fully saturated rings. The molecule has 0 saturated heterocycles. The van der Waals surface area contributed by atoms with Crippen LogP contribution in [0.1, 0.15) is 20.8 Å². The summed E-state index contributed by atoms with van der Waals surface area (Å²) in [4.78, 5) is 0. The van der Waals surface area contributed by atoms with Gasteiger partial charge in [0.25, 0.3) is 0 Å². The minimum Gasteiger partial charge on any atom is -0.122 e. The van der Waals surface area contributed by atoms with E-state index in [1.807, 2.05) is 13.0 Å². The van der Waals surface area contributed by atoms with E-state index in [2.05, 4.69) is 19.9 Å². The van der Waals surface area contributed by atoms with Crippen molar-refractivity contribution >= 4 is 11.6 Å². The minimum absolute atomic E-state index is 0.608. The molecular formula is C8H13Cl. The van der Waals surface area contributed by atoms with E-state index in [-0.39, 0.29) is 0 Å². The lowest BCUT2D eigenvalue weighted by atomic mass is 10.1. The van der Waals surface area contributed by atoms with Gasteiger partial charge in [0.15, 0.2) is 0 Å². The maximum absolute atomic E-state index is 5.49. The molecule has 0 amide bonds. The highest BCUT2D eigenvalue weighted by molar-refractivity contribution is 6.18. The highest BCUT2D eigenvalue weighted by atomic mass is 35.5. The van der Waals surface area contributed by atoms with Crippen LogP contribution in [0.2, 0.25) is 0 Å².